The Labute approximate surface area is 112 Å². The van der Waals surface area contributed by atoms with Crippen molar-refractivity contribution in [2.45, 2.75) is 0 Å². The summed E-state index contributed by atoms with van der Waals surface area (Å²) >= 11 is 0. The second-order valence-electron chi connectivity index (χ2n) is 4.35. The molecular formula is C11H15N3O4S. The molecule has 0 unspecified atom stereocenters. The van der Waals surface area contributed by atoms with E-state index < -0.39 is 15.6 Å². The lowest BCUT2D eigenvalue weighted by atomic mass is 10.2. The van der Waals surface area contributed by atoms with Crippen LogP contribution in [0.5, 0.6) is 0 Å². The molecule has 0 spiro atoms. The van der Waals surface area contributed by atoms with E-state index in [-0.39, 0.29) is 11.6 Å². The smallest absolute Gasteiger partial charge is 0.269 e. The number of thiol groups is 1. The third kappa shape index (κ3) is 3.65. The van der Waals surface area contributed by atoms with E-state index in [1.54, 1.807) is 12.1 Å². The minimum absolute atomic E-state index is 0.0748. The number of benzene rings is 1. The highest BCUT2D eigenvalue weighted by Gasteiger charge is 2.18. The van der Waals surface area contributed by atoms with Crippen molar-refractivity contribution in [1.29, 1.82) is 0 Å². The van der Waals surface area contributed by atoms with Crippen LogP contribution in [0.3, 0.4) is 0 Å². The second-order valence-corrected chi connectivity index (χ2v) is 5.30. The zero-order valence-electron chi connectivity index (χ0n) is 10.3. The van der Waals surface area contributed by atoms with Gasteiger partial charge in [-0.1, -0.05) is 0 Å². The Balaban J connectivity index is 1.95. The van der Waals surface area contributed by atoms with Crippen molar-refractivity contribution in [2.24, 2.45) is 0 Å². The van der Waals surface area contributed by atoms with Crippen molar-refractivity contribution in [3.63, 3.8) is 0 Å². The summed E-state index contributed by atoms with van der Waals surface area (Å²) in [5.74, 6) is 0.101. The van der Waals surface area contributed by atoms with Gasteiger partial charge in [-0.3, -0.25) is 15.0 Å². The second kappa shape index (κ2) is 5.98. The Kier molecular flexibility index (Phi) is 4.33. The summed E-state index contributed by atoms with van der Waals surface area (Å²) < 4.78 is 21.3. The van der Waals surface area contributed by atoms with E-state index >= 15 is 0 Å². The molecule has 0 aromatic heterocycles. The lowest BCUT2D eigenvalue weighted by Gasteiger charge is -2.35. The van der Waals surface area contributed by atoms with E-state index in [1.165, 1.54) is 12.1 Å². The van der Waals surface area contributed by atoms with E-state index in [2.05, 4.69) is 4.90 Å². The number of anilines is 1. The van der Waals surface area contributed by atoms with Crippen molar-refractivity contribution >= 4 is 22.1 Å². The predicted octanol–water partition coefficient (Wildman–Crippen LogP) is 0.286. The zero-order chi connectivity index (χ0) is 13.8. The number of nitro groups is 1. The average molecular weight is 285 g/mol. The lowest BCUT2D eigenvalue weighted by Crippen LogP contribution is -2.46. The summed E-state index contributed by atoms with van der Waals surface area (Å²) in [6, 6.07) is 6.41. The minimum atomic E-state index is -2.37. The third-order valence-corrected chi connectivity index (χ3v) is 3.74. The van der Waals surface area contributed by atoms with Gasteiger partial charge in [-0.15, -0.1) is 0 Å². The molecule has 0 saturated carbocycles. The van der Waals surface area contributed by atoms with Crippen LogP contribution in [-0.2, 0) is 10.7 Å². The van der Waals surface area contributed by atoms with Gasteiger partial charge in [0.1, 0.15) is 0 Å². The Bertz CT molecular complexity index is 513. The summed E-state index contributed by atoms with van der Waals surface area (Å²) in [5, 5.41) is 10.6. The standard InChI is InChI=1S/C11H15N3O4S/c15-14(16)11-3-1-10(2-4-11)13-7-5-12(6-8-13)9-19(17)18/h1-4,19H,5-9H2. The molecule has 1 aromatic rings. The molecule has 19 heavy (non-hydrogen) atoms. The molecule has 7 nitrogen and oxygen atoms in total. The Morgan fingerprint density at radius 1 is 1.11 bits per heavy atom. The fourth-order valence-electron chi connectivity index (χ4n) is 2.10. The Morgan fingerprint density at radius 3 is 2.16 bits per heavy atom. The number of non-ortho nitro benzene ring substituents is 1. The largest absolute Gasteiger partial charge is 0.369 e. The summed E-state index contributed by atoms with van der Waals surface area (Å²) in [4.78, 5) is 14.1. The number of hydrogen-bond acceptors (Lipinski definition) is 6. The molecular weight excluding hydrogens is 270 g/mol. The fourth-order valence-corrected chi connectivity index (χ4v) is 2.71. The van der Waals surface area contributed by atoms with E-state index in [0.29, 0.717) is 13.1 Å². The van der Waals surface area contributed by atoms with Crippen molar-refractivity contribution in [3.8, 4) is 0 Å². The van der Waals surface area contributed by atoms with Crippen LogP contribution in [0.2, 0.25) is 0 Å². The first-order chi connectivity index (χ1) is 9.06. The van der Waals surface area contributed by atoms with Crippen molar-refractivity contribution in [2.75, 3.05) is 37.0 Å². The molecule has 0 radical (unpaired) electrons. The van der Waals surface area contributed by atoms with Gasteiger partial charge >= 0.3 is 0 Å². The number of hydrogen-bond donors (Lipinski definition) is 1. The summed E-state index contributed by atoms with van der Waals surface area (Å²) in [5.41, 5.74) is 1.00. The molecule has 104 valence electrons. The van der Waals surface area contributed by atoms with E-state index in [9.17, 15) is 18.5 Å². The van der Waals surface area contributed by atoms with E-state index in [0.717, 1.165) is 18.8 Å². The van der Waals surface area contributed by atoms with Crippen molar-refractivity contribution in [3.05, 3.63) is 34.4 Å². The maximum atomic E-state index is 10.6. The average Bonchev–Trinajstić information content (AvgIpc) is 2.39. The molecule has 1 aliphatic rings. The van der Waals surface area contributed by atoms with E-state index in [1.807, 2.05) is 4.90 Å². The summed E-state index contributed by atoms with van der Waals surface area (Å²) in [7, 11) is -2.37. The molecule has 1 aliphatic heterocycles. The Hall–Kier alpha value is -1.67. The zero-order valence-corrected chi connectivity index (χ0v) is 11.2. The molecule has 1 heterocycles. The first-order valence-electron chi connectivity index (χ1n) is 5.90. The fraction of sp³-hybridized carbons (Fsp3) is 0.455. The van der Waals surface area contributed by atoms with Crippen LogP contribution in [0.25, 0.3) is 0 Å². The topological polar surface area (TPSA) is 83.8 Å². The van der Waals surface area contributed by atoms with Gasteiger partial charge in [0.2, 0.25) is 0 Å². The van der Waals surface area contributed by atoms with Crippen LogP contribution in [0, 0.1) is 10.1 Å². The molecule has 8 heteroatoms. The number of nitrogens with zero attached hydrogens (tertiary/aromatic N) is 3. The molecule has 0 amide bonds. The van der Waals surface area contributed by atoms with Crippen LogP contribution in [0.1, 0.15) is 0 Å². The summed E-state index contributed by atoms with van der Waals surface area (Å²) in [6.07, 6.45) is 0. The van der Waals surface area contributed by atoms with Crippen LogP contribution in [0.4, 0.5) is 11.4 Å². The van der Waals surface area contributed by atoms with Gasteiger partial charge in [-0.05, 0) is 12.1 Å². The van der Waals surface area contributed by atoms with Crippen molar-refractivity contribution < 1.29 is 13.3 Å². The Morgan fingerprint density at radius 2 is 1.68 bits per heavy atom. The third-order valence-electron chi connectivity index (χ3n) is 3.11. The molecule has 1 aromatic carbocycles. The molecule has 0 aliphatic carbocycles. The minimum Gasteiger partial charge on any atom is -0.369 e. The monoisotopic (exact) mass is 285 g/mol. The van der Waals surface area contributed by atoms with Gasteiger partial charge in [0, 0.05) is 44.0 Å². The normalized spacial score (nSPS) is 16.8. The van der Waals surface area contributed by atoms with Gasteiger partial charge in [0.05, 0.1) is 10.8 Å². The first kappa shape index (κ1) is 13.8. The number of nitro benzene ring substituents is 1. The quantitative estimate of drug-likeness (QED) is 0.486. The highest BCUT2D eigenvalue weighted by molar-refractivity contribution is 7.72. The lowest BCUT2D eigenvalue weighted by molar-refractivity contribution is -0.384. The molecule has 1 fully saturated rings. The molecule has 1 saturated heterocycles. The molecule has 0 N–H and O–H groups in total. The maximum Gasteiger partial charge on any atom is 0.269 e. The highest BCUT2D eigenvalue weighted by Crippen LogP contribution is 2.20. The van der Waals surface area contributed by atoms with Crippen LogP contribution in [-0.4, -0.2) is 50.3 Å². The van der Waals surface area contributed by atoms with Crippen LogP contribution >= 0.6 is 0 Å². The molecule has 0 atom stereocenters. The van der Waals surface area contributed by atoms with Gasteiger partial charge in [0.15, 0.2) is 10.7 Å². The van der Waals surface area contributed by atoms with Crippen molar-refractivity contribution in [1.82, 2.24) is 4.90 Å². The van der Waals surface area contributed by atoms with Crippen LogP contribution in [0.15, 0.2) is 24.3 Å². The SMILES string of the molecule is O=[N+]([O-])c1ccc(N2CCN(C[SH](=O)=O)CC2)cc1. The van der Waals surface area contributed by atoms with Gasteiger partial charge in [-0.25, -0.2) is 8.42 Å². The number of rotatable bonds is 4. The number of piperazine rings is 1. The van der Waals surface area contributed by atoms with Gasteiger partial charge in [-0.2, -0.15) is 0 Å². The maximum absolute atomic E-state index is 10.6. The van der Waals surface area contributed by atoms with Gasteiger partial charge in [0.25, 0.3) is 5.69 Å². The molecule has 2 rings (SSSR count). The van der Waals surface area contributed by atoms with E-state index in [4.69, 9.17) is 0 Å². The first-order valence-corrected chi connectivity index (χ1v) is 7.26. The highest BCUT2D eigenvalue weighted by atomic mass is 32.2. The summed E-state index contributed by atoms with van der Waals surface area (Å²) in [6.45, 7) is 2.81. The molecule has 0 bridgehead atoms. The van der Waals surface area contributed by atoms with Crippen LogP contribution < -0.4 is 4.90 Å². The van der Waals surface area contributed by atoms with Gasteiger partial charge < -0.3 is 4.90 Å². The predicted molar refractivity (Wildman–Crippen MR) is 72.1 cm³/mol.